The zero-order chi connectivity index (χ0) is 41.8. The number of fused-ring (bicyclic) bond motifs is 1. The summed E-state index contributed by atoms with van der Waals surface area (Å²) in [5, 5.41) is 3.07. The molecule has 55 heavy (non-hydrogen) atoms. The van der Waals surface area contributed by atoms with E-state index >= 15 is 0 Å². The topological polar surface area (TPSA) is 92.8 Å². The van der Waals surface area contributed by atoms with Crippen LogP contribution in [0.2, 0.25) is 0 Å². The van der Waals surface area contributed by atoms with Crippen molar-refractivity contribution in [3.63, 3.8) is 0 Å². The summed E-state index contributed by atoms with van der Waals surface area (Å²) in [6, 6.07) is 0. The van der Waals surface area contributed by atoms with Crippen LogP contribution in [-0.2, 0) is 23.9 Å². The molecule has 1 saturated heterocycles. The van der Waals surface area contributed by atoms with Crippen molar-refractivity contribution in [3.05, 3.63) is 53.5 Å². The van der Waals surface area contributed by atoms with E-state index in [1.165, 1.54) is 44.1 Å². The molecular weight excluding hydrogens is 683 g/mol. The highest BCUT2D eigenvalue weighted by Gasteiger charge is 2.76. The van der Waals surface area contributed by atoms with Crippen LogP contribution in [0, 0.1) is 35.0 Å². The molecule has 2 saturated carbocycles. The number of rotatable bonds is 19. The molecule has 3 aliphatic carbocycles. The summed E-state index contributed by atoms with van der Waals surface area (Å²) in [5.74, 6) is 2.03. The van der Waals surface area contributed by atoms with E-state index in [2.05, 4.69) is 57.8 Å². The molecule has 318 valence electrons. The molecule has 3 fully saturated rings. The highest BCUT2D eigenvalue weighted by molar-refractivity contribution is 6.09. The average Bonchev–Trinajstić information content (AvgIpc) is 4.06. The van der Waals surface area contributed by atoms with Gasteiger partial charge in [-0.25, -0.2) is 0 Å². The van der Waals surface area contributed by atoms with E-state index < -0.39 is 16.6 Å². The van der Waals surface area contributed by atoms with E-state index in [1.807, 2.05) is 66.7 Å². The average molecular weight is 770 g/mol. The highest BCUT2D eigenvalue weighted by atomic mass is 16.6. The number of allylic oxidation sites excluding steroid dienone is 4. The van der Waals surface area contributed by atoms with Crippen LogP contribution in [0.4, 0.5) is 0 Å². The third-order valence-electron chi connectivity index (χ3n) is 12.3. The number of hydrogen-bond donors (Lipinski definition) is 1. The summed E-state index contributed by atoms with van der Waals surface area (Å²) >= 11 is 0. The first kappa shape index (κ1) is 50.2. The normalized spacial score (nSPS) is 29.5. The number of unbranched alkanes of at least 4 members (excludes halogenated alkanes) is 7. The lowest BCUT2D eigenvalue weighted by Crippen LogP contribution is -2.47. The van der Waals surface area contributed by atoms with Crippen LogP contribution in [0.5, 0.6) is 0 Å². The summed E-state index contributed by atoms with van der Waals surface area (Å²) in [6.07, 6.45) is 27.4. The highest BCUT2D eigenvalue weighted by Crippen LogP contribution is 2.62. The fourth-order valence-corrected chi connectivity index (χ4v) is 8.30. The van der Waals surface area contributed by atoms with E-state index in [0.717, 1.165) is 51.4 Å². The predicted octanol–water partition coefficient (Wildman–Crippen LogP) is 13.3. The van der Waals surface area contributed by atoms with Crippen LogP contribution in [0.15, 0.2) is 53.5 Å². The zero-order valence-corrected chi connectivity index (χ0v) is 37.5. The molecule has 5 unspecified atom stereocenters. The fraction of sp³-hybridized carbons (Fsp3) is 0.735. The smallest absolute Gasteiger partial charge is 0.231 e. The number of hydrogen-bond acceptors (Lipinski definition) is 5. The maximum atomic E-state index is 13.7. The Bertz CT molecular complexity index is 1410. The Morgan fingerprint density at radius 1 is 0.982 bits per heavy atom. The number of carbonyl (C=O) groups is 4. The Morgan fingerprint density at radius 3 is 2.15 bits per heavy atom. The number of carbonyl (C=O) groups excluding carboxylic acids is 4. The van der Waals surface area contributed by atoms with Crippen LogP contribution < -0.4 is 5.32 Å². The summed E-state index contributed by atoms with van der Waals surface area (Å²) < 4.78 is 6.32. The SMILES string of the molecule is CC.CC.CC1CCC(=O)C1C.CCCC[C@@H](C)/C=C(\C)C1CC1(C)C(=O)NC1=CC(C=C=CCCCCCCC/C=C/C(C)=O)[C@]2(CC)O[C@]2(CC)C1=O.[HH].[HH].[HH]. The van der Waals surface area contributed by atoms with Gasteiger partial charge in [0.15, 0.2) is 11.4 Å². The Balaban J connectivity index is -0.00000176. The summed E-state index contributed by atoms with van der Waals surface area (Å²) in [5.41, 5.74) is 3.16. The van der Waals surface area contributed by atoms with E-state index in [1.54, 1.807) is 13.0 Å². The van der Waals surface area contributed by atoms with Gasteiger partial charge in [0.1, 0.15) is 11.4 Å². The van der Waals surface area contributed by atoms with Gasteiger partial charge >= 0.3 is 0 Å². The molecule has 8 atom stereocenters. The van der Waals surface area contributed by atoms with E-state index in [0.29, 0.717) is 35.7 Å². The van der Waals surface area contributed by atoms with Crippen molar-refractivity contribution in [1.82, 2.24) is 5.32 Å². The number of ketones is 3. The maximum Gasteiger partial charge on any atom is 0.231 e. The third kappa shape index (κ3) is 13.7. The molecule has 1 amide bonds. The summed E-state index contributed by atoms with van der Waals surface area (Å²) in [4.78, 5) is 49.0. The lowest BCUT2D eigenvalue weighted by Gasteiger charge is -2.28. The standard InChI is InChI=1S/C38H57NO4.C7H12O.2C2H6.3H2/c1-8-11-22-28(4)25-29(5)32-27-36(32,7)35(42)39-33-26-31(37(9-2)38(10-3,43-37)34(33)41)24-21-19-17-15-13-12-14-16-18-20-23-30(6)40;1-5-3-4-7(8)6(5)2;2*1-2;;;/h19-20,23-26,28,31-32H,8-18,22,27H2,1-7H3,(H,39,42);5-6H,3-4H2,1-2H3;2*1-2H3;3*1H/b23-20+,29-25+;;;;;;/t21?,28-,31?,32?,36?,37+,38-;;;;;;/m1....../s1. The maximum absolute atomic E-state index is 13.7. The minimum Gasteiger partial charge on any atom is -0.353 e. The molecule has 1 aliphatic heterocycles. The Kier molecular flexibility index (Phi) is 22.6. The van der Waals surface area contributed by atoms with Crippen molar-refractivity contribution in [2.45, 2.75) is 198 Å². The second-order valence-corrected chi connectivity index (χ2v) is 16.3. The molecule has 4 aliphatic rings. The van der Waals surface area contributed by atoms with E-state index in [4.69, 9.17) is 4.74 Å². The molecule has 0 bridgehead atoms. The molecule has 6 nitrogen and oxygen atoms in total. The molecule has 4 rings (SSSR count). The molecule has 0 spiro atoms. The zero-order valence-electron chi connectivity index (χ0n) is 37.5. The fourth-order valence-electron chi connectivity index (χ4n) is 8.30. The molecule has 6 heteroatoms. The molecule has 1 N–H and O–H groups in total. The largest absolute Gasteiger partial charge is 0.353 e. The van der Waals surface area contributed by atoms with Gasteiger partial charge in [-0.15, -0.1) is 5.73 Å². The van der Waals surface area contributed by atoms with Gasteiger partial charge in [-0.1, -0.05) is 126 Å². The van der Waals surface area contributed by atoms with Crippen LogP contribution in [0.1, 0.15) is 191 Å². The van der Waals surface area contributed by atoms with Crippen LogP contribution >= 0.6 is 0 Å². The number of ether oxygens (including phenoxy) is 1. The minimum atomic E-state index is -0.865. The summed E-state index contributed by atoms with van der Waals surface area (Å²) in [7, 11) is 0. The lowest BCUT2D eigenvalue weighted by molar-refractivity contribution is -0.128. The van der Waals surface area contributed by atoms with Crippen LogP contribution in [0.3, 0.4) is 0 Å². The third-order valence-corrected chi connectivity index (χ3v) is 12.3. The lowest BCUT2D eigenvalue weighted by atomic mass is 9.71. The quantitative estimate of drug-likeness (QED) is 0.0464. The summed E-state index contributed by atoms with van der Waals surface area (Å²) in [6.45, 7) is 26.5. The Labute approximate surface area is 342 Å². The van der Waals surface area contributed by atoms with Gasteiger partial charge in [-0.3, -0.25) is 19.2 Å². The van der Waals surface area contributed by atoms with Gasteiger partial charge in [0.05, 0.1) is 11.1 Å². The second-order valence-electron chi connectivity index (χ2n) is 16.3. The number of epoxide rings is 1. The van der Waals surface area contributed by atoms with Crippen molar-refractivity contribution in [2.75, 3.05) is 0 Å². The van der Waals surface area contributed by atoms with Crippen LogP contribution in [0.25, 0.3) is 0 Å². The van der Waals surface area contributed by atoms with Crippen LogP contribution in [-0.4, -0.2) is 34.5 Å². The number of Topliss-reactive ketones (excluding diaryl/α,β-unsaturated/α-hetero) is 2. The number of nitrogens with one attached hydrogen (secondary N) is 1. The van der Waals surface area contributed by atoms with Crippen molar-refractivity contribution in [3.8, 4) is 0 Å². The van der Waals surface area contributed by atoms with Gasteiger partial charge < -0.3 is 10.1 Å². The Morgan fingerprint density at radius 2 is 1.62 bits per heavy atom. The molecular formula is C49H87NO5. The molecule has 0 radical (unpaired) electrons. The monoisotopic (exact) mass is 770 g/mol. The molecule has 0 aromatic heterocycles. The van der Waals surface area contributed by atoms with Crippen molar-refractivity contribution < 1.29 is 28.2 Å². The van der Waals surface area contributed by atoms with Gasteiger partial charge in [-0.2, -0.15) is 0 Å². The minimum absolute atomic E-state index is 0. The van der Waals surface area contributed by atoms with Gasteiger partial charge in [-0.05, 0) is 114 Å². The van der Waals surface area contributed by atoms with E-state index in [9.17, 15) is 19.2 Å². The van der Waals surface area contributed by atoms with Gasteiger partial charge in [0.2, 0.25) is 11.7 Å². The molecule has 0 aromatic rings. The molecule has 0 aromatic carbocycles. The second kappa shape index (κ2) is 24.7. The first-order chi connectivity index (χ1) is 26.2. The number of amides is 1. The first-order valence-corrected chi connectivity index (χ1v) is 22.3. The van der Waals surface area contributed by atoms with Crippen molar-refractivity contribution in [1.29, 1.82) is 0 Å². The van der Waals surface area contributed by atoms with Gasteiger partial charge in [0.25, 0.3) is 0 Å². The van der Waals surface area contributed by atoms with Crippen molar-refractivity contribution in [2.24, 2.45) is 35.0 Å². The molecule has 1 heterocycles. The Hall–Kier alpha value is -2.82. The van der Waals surface area contributed by atoms with Crippen molar-refractivity contribution >= 4 is 23.3 Å². The van der Waals surface area contributed by atoms with E-state index in [-0.39, 0.29) is 33.6 Å². The van der Waals surface area contributed by atoms with Gasteiger partial charge in [0, 0.05) is 22.5 Å². The first-order valence-electron chi connectivity index (χ1n) is 22.3. The predicted molar refractivity (Wildman–Crippen MR) is 237 cm³/mol.